The molecule has 1 aromatic heterocycles. The second-order valence-corrected chi connectivity index (χ2v) is 6.24. The van der Waals surface area contributed by atoms with Gasteiger partial charge in [-0.2, -0.15) is 0 Å². The molecule has 2 aromatic rings. The molecule has 0 aliphatic carbocycles. The molecule has 2 rings (SSSR count). The van der Waals surface area contributed by atoms with Gasteiger partial charge in [0.2, 0.25) is 10.0 Å². The smallest absolute Gasteiger partial charge is 0.240 e. The zero-order valence-corrected chi connectivity index (χ0v) is 12.5. The highest BCUT2D eigenvalue weighted by molar-refractivity contribution is 7.89. The molecule has 0 atom stereocenters. The van der Waals surface area contributed by atoms with Crippen LogP contribution in [0.3, 0.4) is 0 Å². The molecule has 1 N–H and O–H groups in total. The first-order valence-corrected chi connectivity index (χ1v) is 7.60. The van der Waals surface area contributed by atoms with Crippen molar-refractivity contribution in [2.75, 3.05) is 7.11 Å². The van der Waals surface area contributed by atoms with E-state index < -0.39 is 10.0 Å². The molecule has 108 valence electrons. The van der Waals surface area contributed by atoms with E-state index in [9.17, 15) is 8.42 Å². The van der Waals surface area contributed by atoms with Gasteiger partial charge in [-0.15, -0.1) is 0 Å². The summed E-state index contributed by atoms with van der Waals surface area (Å²) in [5.41, 5.74) is 0.768. The standard InChI is InChI=1S/C14H17NO4S/c1-10-8-13(6-7-14(10)18-3)20(16,17)15-9-12-5-4-11(2)19-12/h4-8,15H,9H2,1-3H3. The number of benzene rings is 1. The summed E-state index contributed by atoms with van der Waals surface area (Å²) in [6, 6.07) is 8.27. The molecule has 0 bridgehead atoms. The van der Waals surface area contributed by atoms with Crippen molar-refractivity contribution in [2.45, 2.75) is 25.3 Å². The predicted molar refractivity (Wildman–Crippen MR) is 75.2 cm³/mol. The zero-order chi connectivity index (χ0) is 14.8. The molecule has 6 heteroatoms. The van der Waals surface area contributed by atoms with Gasteiger partial charge in [0.15, 0.2) is 0 Å². The third-order valence-corrected chi connectivity index (χ3v) is 4.31. The molecule has 0 amide bonds. The van der Waals surface area contributed by atoms with Crippen molar-refractivity contribution in [1.29, 1.82) is 0 Å². The van der Waals surface area contributed by atoms with Gasteiger partial charge in [-0.25, -0.2) is 13.1 Å². The van der Waals surface area contributed by atoms with E-state index in [2.05, 4.69) is 4.72 Å². The van der Waals surface area contributed by atoms with E-state index in [1.54, 1.807) is 38.3 Å². The number of furan rings is 1. The quantitative estimate of drug-likeness (QED) is 0.919. The van der Waals surface area contributed by atoms with Crippen LogP contribution in [0.25, 0.3) is 0 Å². The summed E-state index contributed by atoms with van der Waals surface area (Å²) in [6.07, 6.45) is 0. The lowest BCUT2D eigenvalue weighted by atomic mass is 10.2. The fraction of sp³-hybridized carbons (Fsp3) is 0.286. The van der Waals surface area contributed by atoms with Crippen LogP contribution in [0.2, 0.25) is 0 Å². The lowest BCUT2D eigenvalue weighted by molar-refractivity contribution is 0.411. The van der Waals surface area contributed by atoms with Crippen molar-refractivity contribution >= 4 is 10.0 Å². The Labute approximate surface area is 118 Å². The predicted octanol–water partition coefficient (Wildman–Crippen LogP) is 2.38. The largest absolute Gasteiger partial charge is 0.496 e. The fourth-order valence-electron chi connectivity index (χ4n) is 1.85. The second-order valence-electron chi connectivity index (χ2n) is 4.47. The van der Waals surface area contributed by atoms with Crippen LogP contribution in [0.1, 0.15) is 17.1 Å². The summed E-state index contributed by atoms with van der Waals surface area (Å²) in [5, 5.41) is 0. The Bertz CT molecular complexity index is 704. The number of sulfonamides is 1. The number of hydrogen-bond acceptors (Lipinski definition) is 4. The number of hydrogen-bond donors (Lipinski definition) is 1. The molecule has 0 aliphatic heterocycles. The summed E-state index contributed by atoms with van der Waals surface area (Å²) in [6.45, 7) is 3.74. The maximum atomic E-state index is 12.2. The number of aryl methyl sites for hydroxylation is 2. The fourth-order valence-corrected chi connectivity index (χ4v) is 2.93. The first-order chi connectivity index (χ1) is 9.42. The monoisotopic (exact) mass is 295 g/mol. The van der Waals surface area contributed by atoms with E-state index in [4.69, 9.17) is 9.15 Å². The first-order valence-electron chi connectivity index (χ1n) is 6.12. The summed E-state index contributed by atoms with van der Waals surface area (Å²) in [7, 11) is -2.01. The normalized spacial score (nSPS) is 11.6. The Morgan fingerprint density at radius 1 is 1.20 bits per heavy atom. The van der Waals surface area contributed by atoms with E-state index in [0.29, 0.717) is 11.5 Å². The van der Waals surface area contributed by atoms with E-state index in [1.807, 2.05) is 6.92 Å². The van der Waals surface area contributed by atoms with Crippen molar-refractivity contribution in [1.82, 2.24) is 4.72 Å². The number of ether oxygens (including phenoxy) is 1. The van der Waals surface area contributed by atoms with Crippen molar-refractivity contribution in [3.05, 3.63) is 47.4 Å². The van der Waals surface area contributed by atoms with Gasteiger partial charge in [-0.1, -0.05) is 0 Å². The Morgan fingerprint density at radius 3 is 2.50 bits per heavy atom. The topological polar surface area (TPSA) is 68.5 Å². The first kappa shape index (κ1) is 14.6. The summed E-state index contributed by atoms with van der Waals surface area (Å²) >= 11 is 0. The number of methoxy groups -OCH3 is 1. The molecule has 0 spiro atoms. The molecular weight excluding hydrogens is 278 g/mol. The highest BCUT2D eigenvalue weighted by Gasteiger charge is 2.15. The molecule has 1 aromatic carbocycles. The number of rotatable bonds is 5. The van der Waals surface area contributed by atoms with Gasteiger partial charge in [0.1, 0.15) is 17.3 Å². The van der Waals surface area contributed by atoms with Crippen LogP contribution in [0, 0.1) is 13.8 Å². The van der Waals surface area contributed by atoms with Crippen LogP contribution in [0.15, 0.2) is 39.6 Å². The van der Waals surface area contributed by atoms with E-state index >= 15 is 0 Å². The van der Waals surface area contributed by atoms with Crippen molar-refractivity contribution in [3.8, 4) is 5.75 Å². The van der Waals surface area contributed by atoms with Crippen molar-refractivity contribution < 1.29 is 17.6 Å². The highest BCUT2D eigenvalue weighted by atomic mass is 32.2. The van der Waals surface area contributed by atoms with Crippen LogP contribution in [-0.4, -0.2) is 15.5 Å². The molecule has 0 fully saturated rings. The van der Waals surface area contributed by atoms with Crippen LogP contribution in [-0.2, 0) is 16.6 Å². The molecule has 0 radical (unpaired) electrons. The van der Waals surface area contributed by atoms with Crippen LogP contribution < -0.4 is 9.46 Å². The Morgan fingerprint density at radius 2 is 1.95 bits per heavy atom. The van der Waals surface area contributed by atoms with Crippen LogP contribution in [0.4, 0.5) is 0 Å². The molecule has 1 heterocycles. The SMILES string of the molecule is COc1ccc(S(=O)(=O)NCc2ccc(C)o2)cc1C. The Balaban J connectivity index is 2.15. The minimum Gasteiger partial charge on any atom is -0.496 e. The Kier molecular flexibility index (Phi) is 4.15. The van der Waals surface area contributed by atoms with Crippen LogP contribution >= 0.6 is 0 Å². The van der Waals surface area contributed by atoms with Crippen molar-refractivity contribution in [3.63, 3.8) is 0 Å². The maximum absolute atomic E-state index is 12.2. The minimum absolute atomic E-state index is 0.126. The lowest BCUT2D eigenvalue weighted by Gasteiger charge is -2.09. The van der Waals surface area contributed by atoms with Crippen LogP contribution in [0.5, 0.6) is 5.75 Å². The second kappa shape index (κ2) is 5.68. The molecular formula is C14H17NO4S. The Hall–Kier alpha value is -1.79. The molecule has 0 aliphatic rings. The summed E-state index contributed by atoms with van der Waals surface area (Å²) in [4.78, 5) is 0.207. The molecule has 0 saturated heterocycles. The highest BCUT2D eigenvalue weighted by Crippen LogP contribution is 2.21. The van der Waals surface area contributed by atoms with Gasteiger partial charge >= 0.3 is 0 Å². The third kappa shape index (κ3) is 3.20. The summed E-state index contributed by atoms with van der Waals surface area (Å²) in [5.74, 6) is 1.99. The van der Waals surface area contributed by atoms with Gasteiger partial charge in [0.25, 0.3) is 0 Å². The summed E-state index contributed by atoms with van der Waals surface area (Å²) < 4.78 is 37.3. The van der Waals surface area contributed by atoms with E-state index in [0.717, 1.165) is 11.3 Å². The molecule has 20 heavy (non-hydrogen) atoms. The number of nitrogens with one attached hydrogen (secondary N) is 1. The average Bonchev–Trinajstić information content (AvgIpc) is 2.82. The average molecular weight is 295 g/mol. The molecule has 5 nitrogen and oxygen atoms in total. The molecule has 0 saturated carbocycles. The van der Waals surface area contributed by atoms with Gasteiger partial charge in [0, 0.05) is 0 Å². The van der Waals surface area contributed by atoms with Gasteiger partial charge in [-0.3, -0.25) is 0 Å². The van der Waals surface area contributed by atoms with Gasteiger partial charge in [0.05, 0.1) is 18.6 Å². The van der Waals surface area contributed by atoms with Crippen molar-refractivity contribution in [2.24, 2.45) is 0 Å². The van der Waals surface area contributed by atoms with Gasteiger partial charge < -0.3 is 9.15 Å². The zero-order valence-electron chi connectivity index (χ0n) is 11.6. The third-order valence-electron chi connectivity index (χ3n) is 2.91. The van der Waals surface area contributed by atoms with Gasteiger partial charge in [-0.05, 0) is 49.7 Å². The lowest BCUT2D eigenvalue weighted by Crippen LogP contribution is -2.23. The van der Waals surface area contributed by atoms with E-state index in [1.165, 1.54) is 6.07 Å². The molecule has 0 unspecified atom stereocenters. The maximum Gasteiger partial charge on any atom is 0.240 e. The van der Waals surface area contributed by atoms with E-state index in [-0.39, 0.29) is 11.4 Å². The minimum atomic E-state index is -3.56.